The van der Waals surface area contributed by atoms with Crippen molar-refractivity contribution >= 4 is 0 Å². The van der Waals surface area contributed by atoms with Gasteiger partial charge in [0.25, 0.3) is 0 Å². The Morgan fingerprint density at radius 1 is 1.28 bits per heavy atom. The average molecular weight is 246 g/mol. The molecule has 1 atom stereocenters. The van der Waals surface area contributed by atoms with Gasteiger partial charge < -0.3 is 15.2 Å². The smallest absolute Gasteiger partial charge is 0.163 e. The molecular formula is C12H14N4O2. The van der Waals surface area contributed by atoms with Crippen LogP contribution in [0.2, 0.25) is 0 Å². The Kier molecular flexibility index (Phi) is 2.64. The fourth-order valence-corrected chi connectivity index (χ4v) is 1.79. The van der Waals surface area contributed by atoms with E-state index in [-0.39, 0.29) is 6.04 Å². The van der Waals surface area contributed by atoms with Crippen molar-refractivity contribution < 1.29 is 9.47 Å². The van der Waals surface area contributed by atoms with Crippen molar-refractivity contribution in [2.45, 2.75) is 13.0 Å². The zero-order valence-electron chi connectivity index (χ0n) is 10.0. The highest BCUT2D eigenvalue weighted by atomic mass is 16.6. The molecule has 0 saturated carbocycles. The number of benzene rings is 1. The normalized spacial score (nSPS) is 15.4. The van der Waals surface area contributed by atoms with Gasteiger partial charge in [-0.1, -0.05) is 5.21 Å². The van der Waals surface area contributed by atoms with Gasteiger partial charge in [0.05, 0.1) is 17.6 Å². The summed E-state index contributed by atoms with van der Waals surface area (Å²) in [5.74, 6) is 1.49. The van der Waals surface area contributed by atoms with Gasteiger partial charge in [0.15, 0.2) is 11.5 Å². The first-order chi connectivity index (χ1) is 8.74. The van der Waals surface area contributed by atoms with Crippen LogP contribution in [0.5, 0.6) is 11.5 Å². The quantitative estimate of drug-likeness (QED) is 0.857. The summed E-state index contributed by atoms with van der Waals surface area (Å²) in [6.07, 6.45) is 1.82. The van der Waals surface area contributed by atoms with Gasteiger partial charge in [0.2, 0.25) is 0 Å². The number of rotatable bonds is 2. The Hall–Kier alpha value is -2.08. The number of hydrogen-bond acceptors (Lipinski definition) is 5. The van der Waals surface area contributed by atoms with Crippen molar-refractivity contribution in [3.05, 3.63) is 30.1 Å². The molecule has 1 unspecified atom stereocenters. The molecule has 0 amide bonds. The van der Waals surface area contributed by atoms with Crippen LogP contribution in [0.15, 0.2) is 24.4 Å². The highest BCUT2D eigenvalue weighted by Crippen LogP contribution is 2.31. The van der Waals surface area contributed by atoms with Crippen molar-refractivity contribution in [2.24, 2.45) is 5.73 Å². The van der Waals surface area contributed by atoms with Crippen molar-refractivity contribution in [2.75, 3.05) is 13.2 Å². The third-order valence-electron chi connectivity index (χ3n) is 2.77. The molecule has 2 aromatic rings. The number of nitrogens with zero attached hydrogens (tertiary/aromatic N) is 3. The maximum absolute atomic E-state index is 5.76. The Bertz CT molecular complexity index is 565. The van der Waals surface area contributed by atoms with Crippen LogP contribution >= 0.6 is 0 Å². The van der Waals surface area contributed by atoms with Crippen molar-refractivity contribution in [1.82, 2.24) is 15.0 Å². The summed E-state index contributed by atoms with van der Waals surface area (Å²) in [5, 5.41) is 8.07. The molecule has 0 aliphatic carbocycles. The summed E-state index contributed by atoms with van der Waals surface area (Å²) in [7, 11) is 0. The second-order valence-electron chi connectivity index (χ2n) is 4.20. The van der Waals surface area contributed by atoms with Gasteiger partial charge in [-0.15, -0.1) is 5.10 Å². The van der Waals surface area contributed by atoms with Crippen LogP contribution in [0.4, 0.5) is 0 Å². The third-order valence-corrected chi connectivity index (χ3v) is 2.77. The Morgan fingerprint density at radius 2 is 2.06 bits per heavy atom. The summed E-state index contributed by atoms with van der Waals surface area (Å²) in [6.45, 7) is 3.03. The van der Waals surface area contributed by atoms with Gasteiger partial charge in [-0.25, -0.2) is 4.68 Å². The Labute approximate surface area is 104 Å². The summed E-state index contributed by atoms with van der Waals surface area (Å²) in [5.41, 5.74) is 7.38. The van der Waals surface area contributed by atoms with Crippen molar-refractivity contribution in [1.29, 1.82) is 0 Å². The van der Waals surface area contributed by atoms with Gasteiger partial charge >= 0.3 is 0 Å². The lowest BCUT2D eigenvalue weighted by Gasteiger charge is -2.18. The molecule has 0 spiro atoms. The van der Waals surface area contributed by atoms with Gasteiger partial charge in [-0.2, -0.15) is 0 Å². The lowest BCUT2D eigenvalue weighted by Crippen LogP contribution is -2.15. The summed E-state index contributed by atoms with van der Waals surface area (Å²) in [6, 6.07) is 5.54. The number of hydrogen-bond donors (Lipinski definition) is 1. The molecule has 2 N–H and O–H groups in total. The number of aromatic nitrogens is 3. The van der Waals surface area contributed by atoms with Gasteiger partial charge in [-0.3, -0.25) is 0 Å². The minimum atomic E-state index is -0.129. The molecule has 0 bridgehead atoms. The van der Waals surface area contributed by atoms with E-state index in [1.807, 2.05) is 31.3 Å². The third kappa shape index (κ3) is 1.91. The van der Waals surface area contributed by atoms with Crippen LogP contribution < -0.4 is 15.2 Å². The predicted molar refractivity (Wildman–Crippen MR) is 65.0 cm³/mol. The molecule has 1 aromatic carbocycles. The molecule has 6 nitrogen and oxygen atoms in total. The topological polar surface area (TPSA) is 75.2 Å². The molecule has 0 fully saturated rings. The zero-order chi connectivity index (χ0) is 12.5. The first-order valence-electron chi connectivity index (χ1n) is 5.82. The van der Waals surface area contributed by atoms with Crippen LogP contribution in [0.1, 0.15) is 18.7 Å². The van der Waals surface area contributed by atoms with Gasteiger partial charge in [-0.05, 0) is 19.1 Å². The second kappa shape index (κ2) is 4.30. The SMILES string of the molecule is CC(N)c1cn(-c2ccc3c(c2)OCCO3)nn1. The van der Waals surface area contributed by atoms with E-state index in [2.05, 4.69) is 10.3 Å². The van der Waals surface area contributed by atoms with E-state index < -0.39 is 0 Å². The molecule has 94 valence electrons. The summed E-state index contributed by atoms with van der Waals surface area (Å²) < 4.78 is 12.7. The van der Waals surface area contributed by atoms with E-state index in [9.17, 15) is 0 Å². The van der Waals surface area contributed by atoms with Crippen LogP contribution in [0.3, 0.4) is 0 Å². The zero-order valence-corrected chi connectivity index (χ0v) is 10.0. The van der Waals surface area contributed by atoms with Crippen LogP contribution in [0, 0.1) is 0 Å². The largest absolute Gasteiger partial charge is 0.486 e. The van der Waals surface area contributed by atoms with E-state index in [0.717, 1.165) is 22.9 Å². The van der Waals surface area contributed by atoms with Gasteiger partial charge in [0.1, 0.15) is 13.2 Å². The van der Waals surface area contributed by atoms with Crippen LogP contribution in [0.25, 0.3) is 5.69 Å². The molecule has 1 aromatic heterocycles. The molecule has 0 radical (unpaired) electrons. The fraction of sp³-hybridized carbons (Fsp3) is 0.333. The summed E-state index contributed by atoms with van der Waals surface area (Å²) in [4.78, 5) is 0. The molecular weight excluding hydrogens is 232 g/mol. The number of ether oxygens (including phenoxy) is 2. The molecule has 3 rings (SSSR count). The highest BCUT2D eigenvalue weighted by molar-refractivity contribution is 5.49. The molecule has 1 aliphatic rings. The maximum Gasteiger partial charge on any atom is 0.163 e. The molecule has 2 heterocycles. The van der Waals surface area contributed by atoms with Crippen LogP contribution in [-0.4, -0.2) is 28.2 Å². The van der Waals surface area contributed by atoms with E-state index in [1.165, 1.54) is 0 Å². The van der Waals surface area contributed by atoms with Crippen molar-refractivity contribution in [3.63, 3.8) is 0 Å². The number of nitrogens with two attached hydrogens (primary N) is 1. The lowest BCUT2D eigenvalue weighted by molar-refractivity contribution is 0.171. The molecule has 18 heavy (non-hydrogen) atoms. The minimum absolute atomic E-state index is 0.129. The maximum atomic E-state index is 5.76. The fourth-order valence-electron chi connectivity index (χ4n) is 1.79. The lowest BCUT2D eigenvalue weighted by atomic mass is 10.2. The van der Waals surface area contributed by atoms with Gasteiger partial charge in [0, 0.05) is 12.1 Å². The predicted octanol–water partition coefficient (Wildman–Crippen LogP) is 1.06. The van der Waals surface area contributed by atoms with Crippen LogP contribution in [-0.2, 0) is 0 Å². The first kappa shape index (κ1) is 11.0. The second-order valence-corrected chi connectivity index (χ2v) is 4.20. The van der Waals surface area contributed by atoms with Crippen molar-refractivity contribution in [3.8, 4) is 17.2 Å². The van der Waals surface area contributed by atoms with E-state index in [4.69, 9.17) is 15.2 Å². The standard InChI is InChI=1S/C12H14N4O2/c1-8(13)10-7-16(15-14-10)9-2-3-11-12(6-9)18-5-4-17-11/h2-3,6-8H,4-5,13H2,1H3. The van der Waals surface area contributed by atoms with E-state index in [0.29, 0.717) is 13.2 Å². The molecule has 6 heteroatoms. The highest BCUT2D eigenvalue weighted by Gasteiger charge is 2.13. The van der Waals surface area contributed by atoms with E-state index >= 15 is 0 Å². The van der Waals surface area contributed by atoms with E-state index in [1.54, 1.807) is 4.68 Å². The minimum Gasteiger partial charge on any atom is -0.486 e. The first-order valence-corrected chi connectivity index (χ1v) is 5.82. The number of fused-ring (bicyclic) bond motifs is 1. The summed E-state index contributed by atoms with van der Waals surface area (Å²) >= 11 is 0. The Balaban J connectivity index is 1.95. The molecule has 1 aliphatic heterocycles. The Morgan fingerprint density at radius 3 is 2.78 bits per heavy atom. The molecule has 0 saturated heterocycles. The monoisotopic (exact) mass is 246 g/mol. The average Bonchev–Trinajstić information content (AvgIpc) is 2.88.